The van der Waals surface area contributed by atoms with Crippen molar-refractivity contribution in [1.29, 1.82) is 0 Å². The van der Waals surface area contributed by atoms with Crippen molar-refractivity contribution < 1.29 is 5.11 Å². The van der Waals surface area contributed by atoms with Crippen LogP contribution in [-0.2, 0) is 0 Å². The summed E-state index contributed by atoms with van der Waals surface area (Å²) in [6.07, 6.45) is 22.6. The van der Waals surface area contributed by atoms with Gasteiger partial charge in [-0.3, -0.25) is 0 Å². The first-order valence-electron chi connectivity index (χ1n) is 10.9. The van der Waals surface area contributed by atoms with Crippen LogP contribution in [0.2, 0.25) is 0 Å². The number of nitrogens with one attached hydrogen (secondary N) is 1. The summed E-state index contributed by atoms with van der Waals surface area (Å²) in [4.78, 5) is 0. The third-order valence-electron chi connectivity index (χ3n) is 4.85. The van der Waals surface area contributed by atoms with Gasteiger partial charge < -0.3 is 16.2 Å². The maximum Gasteiger partial charge on any atom is 0.0594 e. The summed E-state index contributed by atoms with van der Waals surface area (Å²) in [5.41, 5.74) is 5.63. The van der Waals surface area contributed by atoms with Crippen molar-refractivity contribution in [3.63, 3.8) is 0 Å². The Labute approximate surface area is 152 Å². The fraction of sp³-hybridized carbons (Fsp3) is 1.00. The monoisotopic (exact) mass is 342 g/mol. The van der Waals surface area contributed by atoms with E-state index in [1.807, 2.05) is 0 Å². The molecule has 0 bridgehead atoms. The second-order valence-electron chi connectivity index (χ2n) is 7.45. The molecule has 0 heterocycles. The van der Waals surface area contributed by atoms with E-state index in [0.29, 0.717) is 0 Å². The summed E-state index contributed by atoms with van der Waals surface area (Å²) in [6.45, 7) is 4.13. The first-order valence-corrected chi connectivity index (χ1v) is 10.9. The van der Waals surface area contributed by atoms with Gasteiger partial charge in [-0.2, -0.15) is 0 Å². The van der Waals surface area contributed by atoms with Gasteiger partial charge in [-0.25, -0.2) is 0 Å². The number of aliphatic hydroxyl groups excluding tert-OH is 1. The molecule has 146 valence electrons. The number of nitrogens with two attached hydrogens (primary N) is 1. The van der Waals surface area contributed by atoms with E-state index >= 15 is 0 Å². The Morgan fingerprint density at radius 1 is 0.667 bits per heavy atom. The molecule has 0 spiro atoms. The van der Waals surface area contributed by atoms with Crippen molar-refractivity contribution >= 4 is 0 Å². The molecule has 0 aromatic rings. The molecule has 1 atom stereocenters. The molecule has 0 radical (unpaired) electrons. The van der Waals surface area contributed by atoms with E-state index in [9.17, 15) is 0 Å². The number of aliphatic hydroxyl groups is 1. The Kier molecular flexibility index (Phi) is 20.8. The average molecular weight is 343 g/mol. The van der Waals surface area contributed by atoms with Crippen molar-refractivity contribution in [2.24, 2.45) is 5.73 Å². The Hall–Kier alpha value is -0.120. The van der Waals surface area contributed by atoms with Crippen LogP contribution >= 0.6 is 0 Å². The van der Waals surface area contributed by atoms with Gasteiger partial charge in [0, 0.05) is 12.6 Å². The minimum atomic E-state index is -0.106. The third kappa shape index (κ3) is 19.9. The van der Waals surface area contributed by atoms with Gasteiger partial charge in [0.05, 0.1) is 6.61 Å². The first-order chi connectivity index (χ1) is 11.8. The highest BCUT2D eigenvalue weighted by Gasteiger charge is 1.98. The van der Waals surface area contributed by atoms with Crippen LogP contribution in [-0.4, -0.2) is 30.8 Å². The molecule has 0 saturated heterocycles. The third-order valence-corrected chi connectivity index (χ3v) is 4.85. The molecule has 24 heavy (non-hydrogen) atoms. The number of unbranched alkanes of at least 4 members (excludes halogenated alkanes) is 15. The predicted molar refractivity (Wildman–Crippen MR) is 107 cm³/mol. The van der Waals surface area contributed by atoms with E-state index in [-0.39, 0.29) is 12.6 Å². The molecule has 0 aliphatic rings. The molecule has 3 heteroatoms. The van der Waals surface area contributed by atoms with Gasteiger partial charge in [-0.05, 0) is 13.0 Å². The normalized spacial score (nSPS) is 12.6. The van der Waals surface area contributed by atoms with Gasteiger partial charge in [0.25, 0.3) is 0 Å². The van der Waals surface area contributed by atoms with Gasteiger partial charge in [-0.15, -0.1) is 0 Å². The van der Waals surface area contributed by atoms with Crippen molar-refractivity contribution in [1.82, 2.24) is 5.32 Å². The SMILES string of the molecule is CCCCCCCCCCCCCCCCCCNC[C@@H](N)CO. The van der Waals surface area contributed by atoms with Crippen molar-refractivity contribution in [2.75, 3.05) is 19.7 Å². The second kappa shape index (κ2) is 20.9. The molecule has 3 nitrogen and oxygen atoms in total. The summed E-state index contributed by atoms with van der Waals surface area (Å²) in [5.74, 6) is 0. The van der Waals surface area contributed by atoms with Crippen LogP contribution in [0.4, 0.5) is 0 Å². The van der Waals surface area contributed by atoms with Gasteiger partial charge in [0.1, 0.15) is 0 Å². The summed E-state index contributed by atoms with van der Waals surface area (Å²) >= 11 is 0. The van der Waals surface area contributed by atoms with Crippen LogP contribution in [0, 0.1) is 0 Å². The van der Waals surface area contributed by atoms with Gasteiger partial charge in [-0.1, -0.05) is 103 Å². The fourth-order valence-electron chi connectivity index (χ4n) is 3.15. The summed E-state index contributed by atoms with van der Waals surface area (Å²) in [7, 11) is 0. The molecule has 0 unspecified atom stereocenters. The lowest BCUT2D eigenvalue weighted by Gasteiger charge is -2.09. The van der Waals surface area contributed by atoms with Gasteiger partial charge in [0.2, 0.25) is 0 Å². The van der Waals surface area contributed by atoms with Crippen LogP contribution in [0.1, 0.15) is 110 Å². The maximum absolute atomic E-state index is 8.81. The van der Waals surface area contributed by atoms with E-state index in [4.69, 9.17) is 10.8 Å². The number of hydrogen-bond acceptors (Lipinski definition) is 3. The highest BCUT2D eigenvalue weighted by molar-refractivity contribution is 4.62. The first kappa shape index (κ1) is 23.9. The summed E-state index contributed by atoms with van der Waals surface area (Å²) in [5, 5.41) is 12.1. The zero-order chi connectivity index (χ0) is 17.7. The molecule has 0 saturated carbocycles. The molecular weight excluding hydrogens is 296 g/mol. The lowest BCUT2D eigenvalue weighted by molar-refractivity contribution is 0.262. The quantitative estimate of drug-likeness (QED) is 0.268. The topological polar surface area (TPSA) is 58.3 Å². The zero-order valence-electron chi connectivity index (χ0n) is 16.5. The fourth-order valence-corrected chi connectivity index (χ4v) is 3.15. The highest BCUT2D eigenvalue weighted by Crippen LogP contribution is 2.13. The van der Waals surface area contributed by atoms with Crippen molar-refractivity contribution in [3.05, 3.63) is 0 Å². The van der Waals surface area contributed by atoms with E-state index in [1.54, 1.807) is 0 Å². The smallest absolute Gasteiger partial charge is 0.0594 e. The Morgan fingerprint density at radius 3 is 1.42 bits per heavy atom. The zero-order valence-corrected chi connectivity index (χ0v) is 16.5. The molecule has 0 amide bonds. The van der Waals surface area contributed by atoms with Crippen LogP contribution in [0.25, 0.3) is 0 Å². The van der Waals surface area contributed by atoms with Crippen LogP contribution in [0.3, 0.4) is 0 Å². The van der Waals surface area contributed by atoms with E-state index in [0.717, 1.165) is 13.1 Å². The molecule has 0 aromatic carbocycles. The number of rotatable bonds is 20. The Balaban J connectivity index is 2.98. The Morgan fingerprint density at radius 2 is 1.04 bits per heavy atom. The molecule has 0 aromatic heterocycles. The average Bonchev–Trinajstić information content (AvgIpc) is 2.60. The van der Waals surface area contributed by atoms with Crippen LogP contribution in [0.5, 0.6) is 0 Å². The molecule has 0 aliphatic carbocycles. The highest BCUT2D eigenvalue weighted by atomic mass is 16.3. The van der Waals surface area contributed by atoms with E-state index < -0.39 is 0 Å². The van der Waals surface area contributed by atoms with E-state index in [1.165, 1.54) is 103 Å². The van der Waals surface area contributed by atoms with Gasteiger partial charge in [0.15, 0.2) is 0 Å². The molecule has 0 aliphatic heterocycles. The minimum absolute atomic E-state index is 0.0754. The molecule has 0 rings (SSSR count). The summed E-state index contributed by atoms with van der Waals surface area (Å²) < 4.78 is 0. The summed E-state index contributed by atoms with van der Waals surface area (Å²) in [6, 6.07) is -0.106. The second-order valence-corrected chi connectivity index (χ2v) is 7.45. The largest absolute Gasteiger partial charge is 0.395 e. The predicted octanol–water partition coefficient (Wildman–Crippen LogP) is 5.16. The molecule has 4 N–H and O–H groups in total. The lowest BCUT2D eigenvalue weighted by atomic mass is 10.0. The minimum Gasteiger partial charge on any atom is -0.395 e. The standard InChI is InChI=1S/C21H46N2O/c1-2-3-4-5-6-7-8-9-10-11-12-13-14-15-16-17-18-23-19-21(22)20-24/h21,23-24H,2-20,22H2,1H3/t21-/m1/s1. The maximum atomic E-state index is 8.81. The van der Waals surface area contributed by atoms with Crippen LogP contribution < -0.4 is 11.1 Å². The molecular formula is C21H46N2O. The van der Waals surface area contributed by atoms with Crippen molar-refractivity contribution in [3.8, 4) is 0 Å². The van der Waals surface area contributed by atoms with Crippen molar-refractivity contribution in [2.45, 2.75) is 116 Å². The lowest BCUT2D eigenvalue weighted by Crippen LogP contribution is -2.36. The van der Waals surface area contributed by atoms with Crippen LogP contribution in [0.15, 0.2) is 0 Å². The van der Waals surface area contributed by atoms with Gasteiger partial charge >= 0.3 is 0 Å². The Bertz CT molecular complexity index is 224. The molecule has 0 fully saturated rings. The number of hydrogen-bond donors (Lipinski definition) is 3. The van der Waals surface area contributed by atoms with E-state index in [2.05, 4.69) is 12.2 Å².